The third-order valence-corrected chi connectivity index (χ3v) is 2.80. The minimum atomic E-state index is -0.873. The first-order chi connectivity index (χ1) is 9.85. The van der Waals surface area contributed by atoms with Gasteiger partial charge in [-0.1, -0.05) is 20.8 Å². The zero-order chi connectivity index (χ0) is 16.3. The molecule has 0 rings (SSSR count). The van der Waals surface area contributed by atoms with E-state index in [0.29, 0.717) is 12.5 Å². The monoisotopic (exact) mass is 301 g/mol. The van der Waals surface area contributed by atoms with Crippen LogP contribution in [0.2, 0.25) is 0 Å². The molecule has 0 aromatic heterocycles. The Kier molecular flexibility index (Phi) is 10.0. The molecule has 0 spiro atoms. The summed E-state index contributed by atoms with van der Waals surface area (Å²) in [5, 5.41) is 16.5. The zero-order valence-corrected chi connectivity index (χ0v) is 13.1. The summed E-state index contributed by atoms with van der Waals surface area (Å²) in [6.07, 6.45) is 1.59. The van der Waals surface area contributed by atoms with Crippen LogP contribution in [-0.2, 0) is 9.59 Å². The molecule has 0 aliphatic rings. The van der Waals surface area contributed by atoms with E-state index in [0.717, 1.165) is 12.8 Å². The Morgan fingerprint density at radius 2 is 1.76 bits per heavy atom. The summed E-state index contributed by atoms with van der Waals surface area (Å²) in [5.74, 6) is -0.862. The molecule has 0 aliphatic carbocycles. The summed E-state index contributed by atoms with van der Waals surface area (Å²) in [6.45, 7) is 6.74. The van der Waals surface area contributed by atoms with Gasteiger partial charge in [-0.15, -0.1) is 0 Å². The second-order valence-corrected chi connectivity index (χ2v) is 5.51. The van der Waals surface area contributed by atoms with Crippen LogP contribution in [0.5, 0.6) is 0 Å². The van der Waals surface area contributed by atoms with Crippen LogP contribution in [0.3, 0.4) is 0 Å². The highest BCUT2D eigenvalue weighted by atomic mass is 16.4. The Morgan fingerprint density at radius 1 is 1.10 bits per heavy atom. The molecule has 0 aromatic rings. The molecule has 21 heavy (non-hydrogen) atoms. The number of nitrogens with one attached hydrogen (secondary N) is 3. The molecule has 122 valence electrons. The molecule has 0 bridgehead atoms. The summed E-state index contributed by atoms with van der Waals surface area (Å²) in [5.41, 5.74) is 0. The molecule has 0 fully saturated rings. The number of hydrogen-bond donors (Lipinski definition) is 4. The van der Waals surface area contributed by atoms with Gasteiger partial charge in [-0.2, -0.15) is 0 Å². The number of hydrogen-bond acceptors (Lipinski definition) is 3. The lowest BCUT2D eigenvalue weighted by atomic mass is 9.94. The maximum atomic E-state index is 11.5. The van der Waals surface area contributed by atoms with E-state index in [4.69, 9.17) is 5.11 Å². The van der Waals surface area contributed by atoms with Gasteiger partial charge in [0.2, 0.25) is 5.91 Å². The van der Waals surface area contributed by atoms with Crippen molar-refractivity contribution in [2.45, 2.75) is 40.0 Å². The highest BCUT2D eigenvalue weighted by molar-refractivity contribution is 5.83. The van der Waals surface area contributed by atoms with Gasteiger partial charge in [-0.25, -0.2) is 4.79 Å². The Morgan fingerprint density at radius 3 is 2.29 bits per heavy atom. The fourth-order valence-corrected chi connectivity index (χ4v) is 1.94. The van der Waals surface area contributed by atoms with Gasteiger partial charge in [0.05, 0.1) is 6.54 Å². The van der Waals surface area contributed by atoms with E-state index in [-0.39, 0.29) is 31.3 Å². The van der Waals surface area contributed by atoms with Crippen molar-refractivity contribution in [3.05, 3.63) is 0 Å². The van der Waals surface area contributed by atoms with E-state index < -0.39 is 12.0 Å². The largest absolute Gasteiger partial charge is 0.481 e. The number of rotatable bonds is 10. The molecular weight excluding hydrogens is 274 g/mol. The van der Waals surface area contributed by atoms with Crippen LogP contribution < -0.4 is 16.0 Å². The Bertz CT molecular complexity index is 345. The van der Waals surface area contributed by atoms with Crippen molar-refractivity contribution in [1.29, 1.82) is 0 Å². The number of aliphatic carboxylic acids is 1. The summed E-state index contributed by atoms with van der Waals surface area (Å²) in [6, 6.07) is -0.458. The predicted octanol–water partition coefficient (Wildman–Crippen LogP) is 0.949. The molecule has 0 saturated carbocycles. The first kappa shape index (κ1) is 19.2. The molecule has 7 heteroatoms. The van der Waals surface area contributed by atoms with Crippen molar-refractivity contribution >= 4 is 17.9 Å². The summed E-state index contributed by atoms with van der Waals surface area (Å²) in [7, 11) is 0. The van der Waals surface area contributed by atoms with E-state index in [1.807, 2.05) is 20.8 Å². The van der Waals surface area contributed by atoms with Crippen LogP contribution in [0.4, 0.5) is 4.79 Å². The predicted molar refractivity (Wildman–Crippen MR) is 79.9 cm³/mol. The number of carboxylic acids is 1. The Labute approximate surface area is 125 Å². The second kappa shape index (κ2) is 10.9. The van der Waals surface area contributed by atoms with Crippen LogP contribution in [0.25, 0.3) is 0 Å². The molecular formula is C14H27N3O4. The Hall–Kier alpha value is -1.79. The normalized spacial score (nSPS) is 11.8. The standard InChI is InChI=1S/C14H27N3O4/c1-4-5-15-12(18)9-17-14(21)16-8-11(6-10(2)3)7-13(19)20/h10-11H,4-9H2,1-3H3,(H,15,18)(H,19,20)(H2,16,17,21). The maximum Gasteiger partial charge on any atom is 0.315 e. The molecule has 0 aliphatic heterocycles. The van der Waals surface area contributed by atoms with Gasteiger partial charge in [-0.05, 0) is 24.7 Å². The van der Waals surface area contributed by atoms with Gasteiger partial charge in [-0.3, -0.25) is 9.59 Å². The van der Waals surface area contributed by atoms with Crippen LogP contribution in [0, 0.1) is 11.8 Å². The number of carbonyl (C=O) groups is 3. The van der Waals surface area contributed by atoms with Gasteiger partial charge < -0.3 is 21.1 Å². The molecule has 4 N–H and O–H groups in total. The minimum absolute atomic E-state index is 0.0233. The van der Waals surface area contributed by atoms with Crippen LogP contribution >= 0.6 is 0 Å². The maximum absolute atomic E-state index is 11.5. The number of urea groups is 1. The highest BCUT2D eigenvalue weighted by Gasteiger charge is 2.16. The summed E-state index contributed by atoms with van der Waals surface area (Å²) in [4.78, 5) is 33.6. The van der Waals surface area contributed by atoms with E-state index in [1.165, 1.54) is 0 Å². The highest BCUT2D eigenvalue weighted by Crippen LogP contribution is 2.14. The lowest BCUT2D eigenvalue weighted by Crippen LogP contribution is -2.43. The van der Waals surface area contributed by atoms with Crippen LogP contribution in [0.1, 0.15) is 40.0 Å². The number of carbonyl (C=O) groups excluding carboxylic acids is 2. The van der Waals surface area contributed by atoms with Gasteiger partial charge in [0, 0.05) is 19.5 Å². The van der Waals surface area contributed by atoms with E-state index in [2.05, 4.69) is 16.0 Å². The van der Waals surface area contributed by atoms with Gasteiger partial charge in [0.15, 0.2) is 0 Å². The average Bonchev–Trinajstić information content (AvgIpc) is 2.38. The molecule has 0 saturated heterocycles. The van der Waals surface area contributed by atoms with Crippen LogP contribution in [0.15, 0.2) is 0 Å². The summed E-state index contributed by atoms with van der Waals surface area (Å²) >= 11 is 0. The molecule has 1 atom stereocenters. The molecule has 3 amide bonds. The third kappa shape index (κ3) is 11.7. The first-order valence-electron chi connectivity index (χ1n) is 7.35. The summed E-state index contributed by atoms with van der Waals surface area (Å²) < 4.78 is 0. The van der Waals surface area contributed by atoms with E-state index in [9.17, 15) is 14.4 Å². The molecule has 7 nitrogen and oxygen atoms in total. The topological polar surface area (TPSA) is 108 Å². The molecule has 1 unspecified atom stereocenters. The lowest BCUT2D eigenvalue weighted by Gasteiger charge is -2.18. The van der Waals surface area contributed by atoms with Crippen molar-refractivity contribution in [2.24, 2.45) is 11.8 Å². The lowest BCUT2D eigenvalue weighted by molar-refractivity contribution is -0.138. The molecule has 0 heterocycles. The third-order valence-electron chi connectivity index (χ3n) is 2.80. The van der Waals surface area contributed by atoms with Gasteiger partial charge >= 0.3 is 12.0 Å². The van der Waals surface area contributed by atoms with E-state index >= 15 is 0 Å². The van der Waals surface area contributed by atoms with Crippen molar-refractivity contribution in [3.8, 4) is 0 Å². The van der Waals surface area contributed by atoms with Crippen LogP contribution in [-0.4, -0.2) is 42.6 Å². The minimum Gasteiger partial charge on any atom is -0.481 e. The first-order valence-corrected chi connectivity index (χ1v) is 7.35. The number of amides is 3. The van der Waals surface area contributed by atoms with Crippen molar-refractivity contribution in [1.82, 2.24) is 16.0 Å². The Balaban J connectivity index is 4.01. The second-order valence-electron chi connectivity index (χ2n) is 5.51. The fourth-order valence-electron chi connectivity index (χ4n) is 1.94. The zero-order valence-electron chi connectivity index (χ0n) is 13.1. The van der Waals surface area contributed by atoms with Crippen molar-refractivity contribution < 1.29 is 19.5 Å². The smallest absolute Gasteiger partial charge is 0.315 e. The van der Waals surface area contributed by atoms with E-state index in [1.54, 1.807) is 0 Å². The van der Waals surface area contributed by atoms with Gasteiger partial charge in [0.25, 0.3) is 0 Å². The molecule has 0 radical (unpaired) electrons. The molecule has 0 aromatic carbocycles. The van der Waals surface area contributed by atoms with Crippen molar-refractivity contribution in [2.75, 3.05) is 19.6 Å². The van der Waals surface area contributed by atoms with Crippen molar-refractivity contribution in [3.63, 3.8) is 0 Å². The quantitative estimate of drug-likeness (QED) is 0.482. The number of carboxylic acid groups (broad SMARTS) is 1. The average molecular weight is 301 g/mol. The SMILES string of the molecule is CCCNC(=O)CNC(=O)NCC(CC(=O)O)CC(C)C. The van der Waals surface area contributed by atoms with Gasteiger partial charge in [0.1, 0.15) is 0 Å². The fraction of sp³-hybridized carbons (Fsp3) is 0.786.